The zero-order valence-corrected chi connectivity index (χ0v) is 15.5. The van der Waals surface area contributed by atoms with Gasteiger partial charge in [0.2, 0.25) is 15.9 Å². The summed E-state index contributed by atoms with van der Waals surface area (Å²) < 4.78 is 33.3. The number of sulfonamides is 1. The lowest BCUT2D eigenvalue weighted by atomic mass is 9.99. The van der Waals surface area contributed by atoms with Crippen LogP contribution < -0.4 is 4.74 Å². The Bertz CT molecular complexity index is 802. The minimum Gasteiger partial charge on any atom is -0.478 e. The van der Waals surface area contributed by atoms with Crippen LogP contribution >= 0.6 is 0 Å². The third-order valence-corrected chi connectivity index (χ3v) is 6.44. The highest BCUT2D eigenvalue weighted by Crippen LogP contribution is 2.35. The van der Waals surface area contributed by atoms with Gasteiger partial charge < -0.3 is 4.74 Å². The van der Waals surface area contributed by atoms with Crippen LogP contribution in [0.5, 0.6) is 5.88 Å². The molecule has 6 heteroatoms. The fraction of sp³-hybridized carbons (Fsp3) is 0.421. The Morgan fingerprint density at radius 2 is 1.92 bits per heavy atom. The lowest BCUT2D eigenvalue weighted by molar-refractivity contribution is 0.255. The van der Waals surface area contributed by atoms with Gasteiger partial charge in [0.15, 0.2) is 0 Å². The molecule has 1 aliphatic rings. The Hall–Kier alpha value is -1.92. The van der Waals surface area contributed by atoms with E-state index in [2.05, 4.69) is 4.98 Å². The molecule has 0 unspecified atom stereocenters. The first-order valence-corrected chi connectivity index (χ1v) is 10.1. The summed E-state index contributed by atoms with van der Waals surface area (Å²) in [6, 6.07) is 10.6. The molecular weight excluding hydrogens is 336 g/mol. The topological polar surface area (TPSA) is 59.5 Å². The van der Waals surface area contributed by atoms with Crippen molar-refractivity contribution in [2.75, 3.05) is 13.2 Å². The van der Waals surface area contributed by atoms with E-state index in [1.54, 1.807) is 22.6 Å². The van der Waals surface area contributed by atoms with Gasteiger partial charge in [-0.2, -0.15) is 4.31 Å². The van der Waals surface area contributed by atoms with Crippen LogP contribution in [0.4, 0.5) is 0 Å². The molecule has 1 atom stereocenters. The van der Waals surface area contributed by atoms with Crippen LogP contribution in [-0.2, 0) is 10.0 Å². The molecule has 1 fully saturated rings. The second kappa shape index (κ2) is 7.54. The molecule has 0 aliphatic carbocycles. The first-order chi connectivity index (χ1) is 12.0. The lowest BCUT2D eigenvalue weighted by Crippen LogP contribution is -2.38. The Morgan fingerprint density at radius 3 is 2.56 bits per heavy atom. The number of hydrogen-bond donors (Lipinski definition) is 0. The van der Waals surface area contributed by atoms with Gasteiger partial charge in [-0.15, -0.1) is 0 Å². The molecule has 25 heavy (non-hydrogen) atoms. The molecule has 3 rings (SSSR count). The van der Waals surface area contributed by atoms with Gasteiger partial charge >= 0.3 is 0 Å². The molecule has 0 spiro atoms. The number of piperidine rings is 1. The number of nitrogens with zero attached hydrogens (tertiary/aromatic N) is 2. The van der Waals surface area contributed by atoms with Gasteiger partial charge in [-0.1, -0.05) is 30.2 Å². The molecule has 1 aromatic carbocycles. The molecule has 2 heterocycles. The standard InChI is InChI=1S/C19H24N2O3S/c1-3-24-19-12-9-16(14-20-19)18-6-4-5-13-21(18)25(22,23)17-10-7-15(2)8-11-17/h7-12,14,18H,3-6,13H2,1-2H3/t18-/m0/s1. The molecular formula is C19H24N2O3S. The molecule has 134 valence electrons. The Labute approximate surface area is 149 Å². The summed E-state index contributed by atoms with van der Waals surface area (Å²) in [6.07, 6.45) is 4.43. The fourth-order valence-corrected chi connectivity index (χ4v) is 4.88. The molecule has 0 amide bonds. The van der Waals surface area contributed by atoms with E-state index in [4.69, 9.17) is 4.74 Å². The van der Waals surface area contributed by atoms with Crippen molar-refractivity contribution in [1.29, 1.82) is 0 Å². The molecule has 1 saturated heterocycles. The minimum atomic E-state index is -3.52. The number of benzene rings is 1. The third-order valence-electron chi connectivity index (χ3n) is 4.52. The van der Waals surface area contributed by atoms with E-state index >= 15 is 0 Å². The minimum absolute atomic E-state index is 0.178. The molecule has 1 aliphatic heterocycles. The van der Waals surface area contributed by atoms with Crippen LogP contribution in [0.1, 0.15) is 43.4 Å². The molecule has 2 aromatic rings. The number of aromatic nitrogens is 1. The summed E-state index contributed by atoms with van der Waals surface area (Å²) in [5.74, 6) is 0.565. The van der Waals surface area contributed by atoms with Crippen molar-refractivity contribution in [3.05, 3.63) is 53.7 Å². The number of pyridine rings is 1. The first kappa shape index (κ1) is 17.9. The Balaban J connectivity index is 1.91. The van der Waals surface area contributed by atoms with E-state index in [-0.39, 0.29) is 6.04 Å². The van der Waals surface area contributed by atoms with Crippen LogP contribution in [0.25, 0.3) is 0 Å². The van der Waals surface area contributed by atoms with Gasteiger partial charge in [0.05, 0.1) is 17.5 Å². The van der Waals surface area contributed by atoms with E-state index in [0.717, 1.165) is 30.4 Å². The van der Waals surface area contributed by atoms with Crippen LogP contribution in [0.2, 0.25) is 0 Å². The molecule has 0 radical (unpaired) electrons. The van der Waals surface area contributed by atoms with Crippen molar-refractivity contribution in [3.63, 3.8) is 0 Å². The van der Waals surface area contributed by atoms with Gasteiger partial charge in [0.25, 0.3) is 0 Å². The predicted octanol–water partition coefficient (Wildman–Crippen LogP) is 3.70. The highest BCUT2D eigenvalue weighted by Gasteiger charge is 2.34. The number of ether oxygens (including phenoxy) is 1. The van der Waals surface area contributed by atoms with Crippen LogP contribution in [0.15, 0.2) is 47.5 Å². The highest BCUT2D eigenvalue weighted by atomic mass is 32.2. The number of aryl methyl sites for hydroxylation is 1. The molecule has 0 saturated carbocycles. The first-order valence-electron chi connectivity index (χ1n) is 8.69. The highest BCUT2D eigenvalue weighted by molar-refractivity contribution is 7.89. The van der Waals surface area contributed by atoms with E-state index < -0.39 is 10.0 Å². The van der Waals surface area contributed by atoms with Crippen molar-refractivity contribution in [1.82, 2.24) is 9.29 Å². The number of rotatable bonds is 5. The lowest BCUT2D eigenvalue weighted by Gasteiger charge is -2.34. The average molecular weight is 360 g/mol. The maximum Gasteiger partial charge on any atom is 0.243 e. The van der Waals surface area contributed by atoms with Crippen LogP contribution in [0, 0.1) is 6.92 Å². The average Bonchev–Trinajstić information content (AvgIpc) is 2.63. The fourth-order valence-electron chi connectivity index (χ4n) is 3.19. The van der Waals surface area contributed by atoms with Crippen molar-refractivity contribution in [2.45, 2.75) is 44.0 Å². The monoisotopic (exact) mass is 360 g/mol. The van der Waals surface area contributed by atoms with Gasteiger partial charge in [0.1, 0.15) is 0 Å². The van der Waals surface area contributed by atoms with E-state index in [1.165, 1.54) is 0 Å². The Morgan fingerprint density at radius 1 is 1.16 bits per heavy atom. The van der Waals surface area contributed by atoms with E-state index in [9.17, 15) is 8.42 Å². The molecule has 5 nitrogen and oxygen atoms in total. The molecule has 0 bridgehead atoms. The summed E-state index contributed by atoms with van der Waals surface area (Å²) in [7, 11) is -3.52. The smallest absolute Gasteiger partial charge is 0.243 e. The molecule has 1 aromatic heterocycles. The van der Waals surface area contributed by atoms with Crippen molar-refractivity contribution in [2.24, 2.45) is 0 Å². The molecule has 0 N–H and O–H groups in total. The zero-order chi connectivity index (χ0) is 17.9. The van der Waals surface area contributed by atoms with Crippen molar-refractivity contribution < 1.29 is 13.2 Å². The Kier molecular flexibility index (Phi) is 5.39. The summed E-state index contributed by atoms with van der Waals surface area (Å²) in [5, 5.41) is 0. The van der Waals surface area contributed by atoms with Gasteiger partial charge in [-0.25, -0.2) is 13.4 Å². The van der Waals surface area contributed by atoms with E-state index in [0.29, 0.717) is 23.9 Å². The number of hydrogen-bond acceptors (Lipinski definition) is 4. The second-order valence-electron chi connectivity index (χ2n) is 6.30. The van der Waals surface area contributed by atoms with Crippen molar-refractivity contribution >= 4 is 10.0 Å². The summed E-state index contributed by atoms with van der Waals surface area (Å²) in [6.45, 7) is 4.95. The second-order valence-corrected chi connectivity index (χ2v) is 8.19. The zero-order valence-electron chi connectivity index (χ0n) is 14.7. The SMILES string of the molecule is CCOc1ccc([C@@H]2CCCCN2S(=O)(=O)c2ccc(C)cc2)cn1. The maximum atomic E-state index is 13.1. The largest absolute Gasteiger partial charge is 0.478 e. The summed E-state index contributed by atoms with van der Waals surface area (Å²) in [5.41, 5.74) is 1.96. The van der Waals surface area contributed by atoms with Crippen molar-refractivity contribution in [3.8, 4) is 5.88 Å². The maximum absolute atomic E-state index is 13.1. The van der Waals surface area contributed by atoms with Gasteiger partial charge in [0, 0.05) is 18.8 Å². The third kappa shape index (κ3) is 3.85. The normalized spacial score (nSPS) is 18.9. The van der Waals surface area contributed by atoms with E-state index in [1.807, 2.05) is 38.1 Å². The van der Waals surface area contributed by atoms with Crippen LogP contribution in [0.3, 0.4) is 0 Å². The van der Waals surface area contributed by atoms with Crippen LogP contribution in [-0.4, -0.2) is 30.9 Å². The summed E-state index contributed by atoms with van der Waals surface area (Å²) >= 11 is 0. The summed E-state index contributed by atoms with van der Waals surface area (Å²) in [4.78, 5) is 4.65. The van der Waals surface area contributed by atoms with Gasteiger partial charge in [-0.05, 0) is 44.4 Å². The quantitative estimate of drug-likeness (QED) is 0.816. The van der Waals surface area contributed by atoms with Gasteiger partial charge in [-0.3, -0.25) is 0 Å². The predicted molar refractivity (Wildman–Crippen MR) is 97.1 cm³/mol.